The third kappa shape index (κ3) is 4.66. The molecule has 0 spiro atoms. The van der Waals surface area contributed by atoms with E-state index in [0.29, 0.717) is 13.2 Å². The smallest absolute Gasteiger partial charge is 0.389 e. The fraction of sp³-hybridized carbons (Fsp3) is 0.571. The Bertz CT molecular complexity index is 451. The second-order valence-corrected chi connectivity index (χ2v) is 5.81. The van der Waals surface area contributed by atoms with E-state index in [9.17, 15) is 13.2 Å². The lowest BCUT2D eigenvalue weighted by Gasteiger charge is -2.19. The SMILES string of the molecule is FC(F)(F)CCCNC1CCCOc2cc(Br)ccc21. The highest BCUT2D eigenvalue weighted by Crippen LogP contribution is 2.33. The van der Waals surface area contributed by atoms with Crippen molar-refractivity contribution in [2.45, 2.75) is 37.9 Å². The van der Waals surface area contributed by atoms with Gasteiger partial charge in [-0.2, -0.15) is 13.2 Å². The summed E-state index contributed by atoms with van der Waals surface area (Å²) in [5.41, 5.74) is 1.03. The average molecular weight is 352 g/mol. The van der Waals surface area contributed by atoms with Crippen LogP contribution < -0.4 is 10.1 Å². The molecule has 1 atom stereocenters. The first kappa shape index (κ1) is 15.6. The minimum Gasteiger partial charge on any atom is -0.493 e. The Labute approximate surface area is 124 Å². The maximum absolute atomic E-state index is 12.1. The number of fused-ring (bicyclic) bond motifs is 1. The first-order chi connectivity index (χ1) is 9.46. The van der Waals surface area contributed by atoms with Crippen LogP contribution in [0, 0.1) is 0 Å². The molecule has 1 aromatic carbocycles. The van der Waals surface area contributed by atoms with Crippen molar-refractivity contribution in [2.75, 3.05) is 13.2 Å². The zero-order valence-electron chi connectivity index (χ0n) is 11.0. The summed E-state index contributed by atoms with van der Waals surface area (Å²) in [7, 11) is 0. The van der Waals surface area contributed by atoms with Crippen LogP contribution in [0.4, 0.5) is 13.2 Å². The molecule has 1 aromatic rings. The van der Waals surface area contributed by atoms with Crippen molar-refractivity contribution in [1.29, 1.82) is 0 Å². The number of nitrogens with one attached hydrogen (secondary N) is 1. The highest BCUT2D eigenvalue weighted by atomic mass is 79.9. The quantitative estimate of drug-likeness (QED) is 0.800. The van der Waals surface area contributed by atoms with Crippen LogP contribution in [0.1, 0.15) is 37.3 Å². The van der Waals surface area contributed by atoms with Crippen LogP contribution >= 0.6 is 15.9 Å². The van der Waals surface area contributed by atoms with Crippen molar-refractivity contribution < 1.29 is 17.9 Å². The molecule has 6 heteroatoms. The van der Waals surface area contributed by atoms with Gasteiger partial charge in [-0.25, -0.2) is 0 Å². The summed E-state index contributed by atoms with van der Waals surface area (Å²) in [6, 6.07) is 5.86. The molecule has 0 aromatic heterocycles. The molecule has 0 fully saturated rings. The van der Waals surface area contributed by atoms with Gasteiger partial charge in [0.25, 0.3) is 0 Å². The molecule has 0 bridgehead atoms. The number of rotatable bonds is 4. The number of hydrogen-bond acceptors (Lipinski definition) is 2. The van der Waals surface area contributed by atoms with Gasteiger partial charge in [-0.15, -0.1) is 0 Å². The second-order valence-electron chi connectivity index (χ2n) is 4.90. The number of hydrogen-bond donors (Lipinski definition) is 1. The molecule has 0 aliphatic carbocycles. The topological polar surface area (TPSA) is 21.3 Å². The van der Waals surface area contributed by atoms with Gasteiger partial charge in [-0.05, 0) is 37.9 Å². The minimum absolute atomic E-state index is 0.0637. The fourth-order valence-electron chi connectivity index (χ4n) is 2.32. The summed E-state index contributed by atoms with van der Waals surface area (Å²) < 4.78 is 43.0. The number of ether oxygens (including phenoxy) is 1. The minimum atomic E-state index is -4.07. The summed E-state index contributed by atoms with van der Waals surface area (Å²) in [6.07, 6.45) is -2.94. The zero-order chi connectivity index (χ0) is 14.6. The van der Waals surface area contributed by atoms with Gasteiger partial charge < -0.3 is 10.1 Å². The standard InChI is InChI=1S/C14H17BrF3NO/c15-10-4-5-11-12(3-1-8-20-13(11)9-10)19-7-2-6-14(16,17)18/h4-5,9,12,19H,1-3,6-8H2. The van der Waals surface area contributed by atoms with E-state index in [1.54, 1.807) is 0 Å². The third-order valence-electron chi connectivity index (χ3n) is 3.27. The van der Waals surface area contributed by atoms with E-state index in [-0.39, 0.29) is 12.5 Å². The van der Waals surface area contributed by atoms with E-state index in [2.05, 4.69) is 21.2 Å². The van der Waals surface area contributed by atoms with E-state index >= 15 is 0 Å². The largest absolute Gasteiger partial charge is 0.493 e. The van der Waals surface area contributed by atoms with Crippen molar-refractivity contribution in [1.82, 2.24) is 5.32 Å². The summed E-state index contributed by atoms with van der Waals surface area (Å²) in [4.78, 5) is 0. The molecule has 20 heavy (non-hydrogen) atoms. The molecule has 1 unspecified atom stereocenters. The molecule has 0 saturated heterocycles. The molecule has 1 aliphatic rings. The zero-order valence-corrected chi connectivity index (χ0v) is 12.6. The van der Waals surface area contributed by atoms with Crippen molar-refractivity contribution in [3.05, 3.63) is 28.2 Å². The lowest BCUT2D eigenvalue weighted by atomic mass is 10.0. The first-order valence-corrected chi connectivity index (χ1v) is 7.47. The monoisotopic (exact) mass is 351 g/mol. The van der Waals surface area contributed by atoms with E-state index in [0.717, 1.165) is 28.6 Å². The van der Waals surface area contributed by atoms with Crippen LogP contribution in [0.3, 0.4) is 0 Å². The maximum atomic E-state index is 12.1. The van der Waals surface area contributed by atoms with Gasteiger partial charge in [0.1, 0.15) is 5.75 Å². The van der Waals surface area contributed by atoms with Gasteiger partial charge in [0.15, 0.2) is 0 Å². The molecule has 1 N–H and O–H groups in total. The lowest BCUT2D eigenvalue weighted by molar-refractivity contribution is -0.135. The van der Waals surface area contributed by atoms with Gasteiger partial charge >= 0.3 is 6.18 Å². The first-order valence-electron chi connectivity index (χ1n) is 6.68. The third-order valence-corrected chi connectivity index (χ3v) is 3.77. The lowest BCUT2D eigenvalue weighted by Crippen LogP contribution is -2.23. The van der Waals surface area contributed by atoms with Crippen LogP contribution in [-0.4, -0.2) is 19.3 Å². The Balaban J connectivity index is 1.95. The van der Waals surface area contributed by atoms with E-state index in [4.69, 9.17) is 4.74 Å². The molecular weight excluding hydrogens is 335 g/mol. The van der Waals surface area contributed by atoms with Gasteiger partial charge in [0, 0.05) is 22.5 Å². The number of benzene rings is 1. The summed E-state index contributed by atoms with van der Waals surface area (Å²) in [6.45, 7) is 1.00. The molecule has 112 valence electrons. The summed E-state index contributed by atoms with van der Waals surface area (Å²) in [5.74, 6) is 0.810. The Kier molecular flexibility index (Phi) is 5.32. The fourth-order valence-corrected chi connectivity index (χ4v) is 2.66. The molecule has 2 nitrogen and oxygen atoms in total. The number of halogens is 4. The van der Waals surface area contributed by atoms with Gasteiger partial charge in [-0.3, -0.25) is 0 Å². The predicted octanol–water partition coefficient (Wildman–Crippen LogP) is 4.59. The van der Waals surface area contributed by atoms with E-state index in [1.807, 2.05) is 18.2 Å². The Hall–Kier alpha value is -0.750. The Morgan fingerprint density at radius 3 is 2.90 bits per heavy atom. The molecule has 2 rings (SSSR count). The number of alkyl halides is 3. The second kappa shape index (κ2) is 6.80. The van der Waals surface area contributed by atoms with Crippen LogP contribution in [0.5, 0.6) is 5.75 Å². The molecule has 1 heterocycles. The van der Waals surface area contributed by atoms with Crippen molar-refractivity contribution in [3.8, 4) is 5.75 Å². The van der Waals surface area contributed by atoms with Gasteiger partial charge in [0.2, 0.25) is 0 Å². The van der Waals surface area contributed by atoms with Crippen molar-refractivity contribution >= 4 is 15.9 Å². The molecular formula is C14H17BrF3NO. The van der Waals surface area contributed by atoms with Gasteiger partial charge in [0.05, 0.1) is 6.61 Å². The molecule has 0 saturated carbocycles. The van der Waals surface area contributed by atoms with Gasteiger partial charge in [-0.1, -0.05) is 22.0 Å². The molecule has 1 aliphatic heterocycles. The highest BCUT2D eigenvalue weighted by molar-refractivity contribution is 9.10. The maximum Gasteiger partial charge on any atom is 0.389 e. The van der Waals surface area contributed by atoms with E-state index < -0.39 is 12.6 Å². The molecule has 0 radical (unpaired) electrons. The summed E-state index contributed by atoms with van der Waals surface area (Å²) in [5, 5.41) is 3.21. The summed E-state index contributed by atoms with van der Waals surface area (Å²) >= 11 is 3.40. The van der Waals surface area contributed by atoms with E-state index in [1.165, 1.54) is 0 Å². The highest BCUT2D eigenvalue weighted by Gasteiger charge is 2.26. The van der Waals surface area contributed by atoms with Crippen molar-refractivity contribution in [2.24, 2.45) is 0 Å². The van der Waals surface area contributed by atoms with Crippen LogP contribution in [0.2, 0.25) is 0 Å². The van der Waals surface area contributed by atoms with Crippen LogP contribution in [0.15, 0.2) is 22.7 Å². The molecule has 0 amide bonds. The van der Waals surface area contributed by atoms with Crippen LogP contribution in [0.25, 0.3) is 0 Å². The van der Waals surface area contributed by atoms with Crippen molar-refractivity contribution in [3.63, 3.8) is 0 Å². The Morgan fingerprint density at radius 1 is 1.35 bits per heavy atom. The Morgan fingerprint density at radius 2 is 2.15 bits per heavy atom. The van der Waals surface area contributed by atoms with Crippen LogP contribution in [-0.2, 0) is 0 Å². The normalized spacial score (nSPS) is 19.1. The predicted molar refractivity (Wildman–Crippen MR) is 74.9 cm³/mol. The average Bonchev–Trinajstić information content (AvgIpc) is 2.55.